The lowest BCUT2D eigenvalue weighted by atomic mass is 9.93. The number of rotatable bonds is 3. The van der Waals surface area contributed by atoms with Gasteiger partial charge in [0.25, 0.3) is 5.91 Å². The molecule has 2 aromatic rings. The predicted octanol–water partition coefficient (Wildman–Crippen LogP) is 2.04. The van der Waals surface area contributed by atoms with E-state index in [9.17, 15) is 4.79 Å². The molecule has 2 fully saturated rings. The Bertz CT molecular complexity index is 689. The molecule has 6 nitrogen and oxygen atoms in total. The van der Waals surface area contributed by atoms with Gasteiger partial charge in [0.1, 0.15) is 0 Å². The molecule has 2 saturated heterocycles. The smallest absolute Gasteiger partial charge is 0.289 e. The Hall–Kier alpha value is -2.18. The van der Waals surface area contributed by atoms with Gasteiger partial charge in [0.05, 0.1) is 19.0 Å². The van der Waals surface area contributed by atoms with Crippen molar-refractivity contribution in [3.63, 3.8) is 0 Å². The van der Waals surface area contributed by atoms with Crippen LogP contribution in [-0.4, -0.2) is 59.6 Å². The topological polar surface area (TPSA) is 58.8 Å². The first-order valence-electron chi connectivity index (χ1n) is 8.85. The highest BCUT2D eigenvalue weighted by atomic mass is 16.5. The fourth-order valence-electron chi connectivity index (χ4n) is 3.75. The monoisotopic (exact) mass is 341 g/mol. The second kappa shape index (κ2) is 7.37. The van der Waals surface area contributed by atoms with Crippen LogP contribution in [0, 0.1) is 5.92 Å². The molecule has 0 N–H and O–H groups in total. The number of fused-ring (bicyclic) bond motifs is 1. The molecule has 0 bridgehead atoms. The first kappa shape index (κ1) is 16.3. The minimum atomic E-state index is -0.0371. The summed E-state index contributed by atoms with van der Waals surface area (Å²) in [7, 11) is 0. The zero-order valence-corrected chi connectivity index (χ0v) is 14.2. The number of hydrogen-bond donors (Lipinski definition) is 0. The Morgan fingerprint density at radius 3 is 2.88 bits per heavy atom. The Morgan fingerprint density at radius 2 is 2.08 bits per heavy atom. The maximum absolute atomic E-state index is 12.5. The summed E-state index contributed by atoms with van der Waals surface area (Å²) in [6.45, 7) is 4.96. The Balaban J connectivity index is 1.38. The minimum absolute atomic E-state index is 0.0371. The molecule has 4 rings (SSSR count). The highest BCUT2D eigenvalue weighted by Crippen LogP contribution is 2.26. The van der Waals surface area contributed by atoms with Crippen LogP contribution in [0.5, 0.6) is 0 Å². The lowest BCUT2D eigenvalue weighted by Crippen LogP contribution is -2.49. The number of carbonyl (C=O) groups is 1. The fourth-order valence-corrected chi connectivity index (χ4v) is 3.75. The highest BCUT2D eigenvalue weighted by Gasteiger charge is 2.35. The number of pyridine rings is 1. The second-order valence-electron chi connectivity index (χ2n) is 6.78. The van der Waals surface area contributed by atoms with Gasteiger partial charge in [-0.3, -0.25) is 14.7 Å². The summed E-state index contributed by atoms with van der Waals surface area (Å²) in [5.41, 5.74) is 1.28. The zero-order chi connectivity index (χ0) is 17.1. The molecule has 6 heteroatoms. The predicted molar refractivity (Wildman–Crippen MR) is 92.0 cm³/mol. The van der Waals surface area contributed by atoms with Crippen LogP contribution in [0.25, 0.3) is 0 Å². The summed E-state index contributed by atoms with van der Waals surface area (Å²) in [6.07, 6.45) is 6.29. The third-order valence-corrected chi connectivity index (χ3v) is 5.10. The summed E-state index contributed by atoms with van der Waals surface area (Å²) < 4.78 is 11.3. The third kappa shape index (κ3) is 3.75. The van der Waals surface area contributed by atoms with Crippen molar-refractivity contribution in [3.8, 4) is 0 Å². The first-order valence-corrected chi connectivity index (χ1v) is 8.85. The molecule has 0 aliphatic carbocycles. The lowest BCUT2D eigenvalue weighted by molar-refractivity contribution is -0.0179. The molecule has 2 atom stereocenters. The molecule has 0 aromatic carbocycles. The zero-order valence-electron chi connectivity index (χ0n) is 14.2. The van der Waals surface area contributed by atoms with E-state index in [1.807, 2.05) is 17.3 Å². The van der Waals surface area contributed by atoms with E-state index in [0.717, 1.165) is 32.6 Å². The van der Waals surface area contributed by atoms with Crippen molar-refractivity contribution in [1.29, 1.82) is 0 Å². The summed E-state index contributed by atoms with van der Waals surface area (Å²) in [4.78, 5) is 20.9. The van der Waals surface area contributed by atoms with Crippen molar-refractivity contribution in [2.75, 3.05) is 32.8 Å². The van der Waals surface area contributed by atoms with Crippen molar-refractivity contribution in [3.05, 3.63) is 54.2 Å². The number of aromatic nitrogens is 1. The summed E-state index contributed by atoms with van der Waals surface area (Å²) in [5.74, 6) is 0.835. The van der Waals surface area contributed by atoms with E-state index < -0.39 is 0 Å². The number of amides is 1. The van der Waals surface area contributed by atoms with Gasteiger partial charge in [-0.2, -0.15) is 0 Å². The second-order valence-corrected chi connectivity index (χ2v) is 6.78. The van der Waals surface area contributed by atoms with E-state index in [1.165, 1.54) is 5.56 Å². The van der Waals surface area contributed by atoms with Crippen LogP contribution < -0.4 is 0 Å². The molecule has 4 heterocycles. The van der Waals surface area contributed by atoms with Gasteiger partial charge in [-0.1, -0.05) is 0 Å². The first-order chi connectivity index (χ1) is 12.3. The molecule has 0 radical (unpaired) electrons. The number of likely N-dealkylation sites (tertiary alicyclic amines) is 1. The normalized spacial score (nSPS) is 24.6. The fraction of sp³-hybridized carbons (Fsp3) is 0.474. The van der Waals surface area contributed by atoms with Crippen LogP contribution in [0.2, 0.25) is 0 Å². The van der Waals surface area contributed by atoms with Crippen LogP contribution in [0.4, 0.5) is 0 Å². The van der Waals surface area contributed by atoms with Gasteiger partial charge >= 0.3 is 0 Å². The number of hydrogen-bond acceptors (Lipinski definition) is 5. The number of nitrogens with zero attached hydrogens (tertiary/aromatic N) is 3. The largest absolute Gasteiger partial charge is 0.459 e. The molecule has 132 valence electrons. The maximum Gasteiger partial charge on any atom is 0.289 e. The van der Waals surface area contributed by atoms with Crippen molar-refractivity contribution in [2.45, 2.75) is 19.1 Å². The van der Waals surface area contributed by atoms with Crippen LogP contribution in [0.1, 0.15) is 22.5 Å². The Kier molecular flexibility index (Phi) is 4.81. The molecule has 1 amide bonds. The molecule has 2 aromatic heterocycles. The average molecular weight is 341 g/mol. The maximum atomic E-state index is 12.5. The molecular formula is C19H23N3O3. The summed E-state index contributed by atoms with van der Waals surface area (Å²) in [6, 6.07) is 7.60. The van der Waals surface area contributed by atoms with E-state index in [1.54, 1.807) is 18.4 Å². The van der Waals surface area contributed by atoms with E-state index in [4.69, 9.17) is 9.15 Å². The van der Waals surface area contributed by atoms with Gasteiger partial charge in [-0.25, -0.2) is 0 Å². The van der Waals surface area contributed by atoms with Crippen molar-refractivity contribution >= 4 is 5.91 Å². The van der Waals surface area contributed by atoms with E-state index in [2.05, 4.69) is 22.0 Å². The summed E-state index contributed by atoms with van der Waals surface area (Å²) in [5, 5.41) is 0. The van der Waals surface area contributed by atoms with Gasteiger partial charge in [0.2, 0.25) is 0 Å². The number of carbonyl (C=O) groups excluding carboxylic acids is 1. The third-order valence-electron chi connectivity index (χ3n) is 5.10. The van der Waals surface area contributed by atoms with Crippen LogP contribution in [0.15, 0.2) is 47.3 Å². The van der Waals surface area contributed by atoms with Crippen molar-refractivity contribution < 1.29 is 13.9 Å². The quantitative estimate of drug-likeness (QED) is 0.855. The van der Waals surface area contributed by atoms with Gasteiger partial charge < -0.3 is 14.1 Å². The van der Waals surface area contributed by atoms with Crippen LogP contribution in [-0.2, 0) is 11.3 Å². The summed E-state index contributed by atoms with van der Waals surface area (Å²) >= 11 is 0. The number of furan rings is 1. The molecule has 0 saturated carbocycles. The SMILES string of the molecule is O=C(c1ccco1)N1CC[C@@H]2CN(Cc3ccncc3)CCO[C@@H]2C1. The number of piperidine rings is 1. The van der Waals surface area contributed by atoms with Crippen molar-refractivity contribution in [2.24, 2.45) is 5.92 Å². The van der Waals surface area contributed by atoms with E-state index in [-0.39, 0.29) is 12.0 Å². The van der Waals surface area contributed by atoms with Gasteiger partial charge in [-0.05, 0) is 36.2 Å². The highest BCUT2D eigenvalue weighted by molar-refractivity contribution is 5.91. The average Bonchev–Trinajstić information content (AvgIpc) is 3.10. The van der Waals surface area contributed by atoms with E-state index in [0.29, 0.717) is 24.8 Å². The molecule has 0 spiro atoms. The van der Waals surface area contributed by atoms with Gasteiger partial charge in [-0.15, -0.1) is 0 Å². The molecular weight excluding hydrogens is 318 g/mol. The van der Waals surface area contributed by atoms with Gasteiger partial charge in [0.15, 0.2) is 5.76 Å². The molecule has 2 aliphatic heterocycles. The Morgan fingerprint density at radius 1 is 1.20 bits per heavy atom. The molecule has 2 aliphatic rings. The molecule has 25 heavy (non-hydrogen) atoms. The minimum Gasteiger partial charge on any atom is -0.459 e. The lowest BCUT2D eigenvalue weighted by Gasteiger charge is -2.37. The van der Waals surface area contributed by atoms with E-state index >= 15 is 0 Å². The standard InChI is InChI=1S/C19H23N3O3/c23-19(17-2-1-10-24-17)22-8-5-16-13-21(9-11-25-18(16)14-22)12-15-3-6-20-7-4-15/h1-4,6-7,10,16,18H,5,8-9,11-14H2/t16-,18-/m1/s1. The van der Waals surface area contributed by atoms with Crippen LogP contribution >= 0.6 is 0 Å². The molecule has 0 unspecified atom stereocenters. The van der Waals surface area contributed by atoms with Crippen molar-refractivity contribution in [1.82, 2.24) is 14.8 Å². The van der Waals surface area contributed by atoms with Gasteiger partial charge in [0, 0.05) is 51.0 Å². The Labute approximate surface area is 147 Å². The van der Waals surface area contributed by atoms with Crippen LogP contribution in [0.3, 0.4) is 0 Å². The number of ether oxygens (including phenoxy) is 1.